The quantitative estimate of drug-likeness (QED) is 0.928. The van der Waals surface area contributed by atoms with Crippen LogP contribution in [0.4, 0.5) is 0 Å². The maximum atomic E-state index is 12.2. The molecule has 0 radical (unpaired) electrons. The molecule has 1 aromatic rings. The lowest BCUT2D eigenvalue weighted by molar-refractivity contribution is -0.133. The Bertz CT molecular complexity index is 449. The summed E-state index contributed by atoms with van der Waals surface area (Å²) < 4.78 is 1.07. The molecule has 98 valence electrons. The summed E-state index contributed by atoms with van der Waals surface area (Å²) in [7, 11) is 1.84. The van der Waals surface area contributed by atoms with Crippen molar-refractivity contribution in [3.05, 3.63) is 34.3 Å². The average molecular weight is 311 g/mol. The van der Waals surface area contributed by atoms with Gasteiger partial charge in [-0.2, -0.15) is 0 Å². The van der Waals surface area contributed by atoms with Crippen LogP contribution in [0.25, 0.3) is 0 Å². The molecule has 3 atom stereocenters. The van der Waals surface area contributed by atoms with Gasteiger partial charge < -0.3 is 10.6 Å². The Morgan fingerprint density at radius 3 is 2.94 bits per heavy atom. The molecule has 3 unspecified atom stereocenters. The molecule has 1 saturated carbocycles. The molecule has 0 aliphatic heterocycles. The molecule has 3 nitrogen and oxygen atoms in total. The van der Waals surface area contributed by atoms with E-state index in [1.54, 1.807) is 4.90 Å². The van der Waals surface area contributed by atoms with Crippen molar-refractivity contribution in [2.45, 2.75) is 25.3 Å². The minimum Gasteiger partial charge on any atom is -0.342 e. The van der Waals surface area contributed by atoms with Gasteiger partial charge >= 0.3 is 0 Å². The second kappa shape index (κ2) is 5.41. The van der Waals surface area contributed by atoms with E-state index in [1.807, 2.05) is 26.1 Å². The highest BCUT2D eigenvalue weighted by atomic mass is 79.9. The first-order chi connectivity index (χ1) is 8.54. The van der Waals surface area contributed by atoms with Crippen molar-refractivity contribution in [1.29, 1.82) is 0 Å². The fourth-order valence-corrected chi connectivity index (χ4v) is 2.63. The molecule has 1 amide bonds. The van der Waals surface area contributed by atoms with E-state index in [1.165, 1.54) is 5.56 Å². The number of carbonyl (C=O) groups excluding carboxylic acids is 1. The van der Waals surface area contributed by atoms with Crippen molar-refractivity contribution < 1.29 is 4.79 Å². The fourth-order valence-electron chi connectivity index (χ4n) is 2.21. The summed E-state index contributed by atoms with van der Waals surface area (Å²) in [5.74, 6) is 0.735. The summed E-state index contributed by atoms with van der Waals surface area (Å²) in [4.78, 5) is 14.0. The van der Waals surface area contributed by atoms with E-state index < -0.39 is 0 Å². The van der Waals surface area contributed by atoms with Gasteiger partial charge in [-0.15, -0.1) is 0 Å². The Morgan fingerprint density at radius 2 is 2.33 bits per heavy atom. The second-order valence-corrected chi connectivity index (χ2v) is 5.95. The van der Waals surface area contributed by atoms with Crippen LogP contribution in [-0.2, 0) is 4.79 Å². The first kappa shape index (κ1) is 13.6. The largest absolute Gasteiger partial charge is 0.342 e. The molecule has 0 aromatic heterocycles. The van der Waals surface area contributed by atoms with Crippen LogP contribution in [0.3, 0.4) is 0 Å². The van der Waals surface area contributed by atoms with Crippen molar-refractivity contribution in [3.63, 3.8) is 0 Å². The normalized spacial score (nSPS) is 23.6. The molecule has 4 heteroatoms. The van der Waals surface area contributed by atoms with Crippen LogP contribution in [0.2, 0.25) is 0 Å². The minimum atomic E-state index is 0.112. The maximum absolute atomic E-state index is 12.2. The highest BCUT2D eigenvalue weighted by molar-refractivity contribution is 9.10. The topological polar surface area (TPSA) is 46.3 Å². The Labute approximate surface area is 116 Å². The molecular formula is C14H19BrN2O. The van der Waals surface area contributed by atoms with E-state index in [0.717, 1.165) is 10.9 Å². The molecule has 1 aliphatic carbocycles. The summed E-state index contributed by atoms with van der Waals surface area (Å²) in [6.45, 7) is 2.49. The minimum absolute atomic E-state index is 0.112. The smallest absolute Gasteiger partial charge is 0.226 e. The molecule has 1 aromatic carbocycles. The van der Waals surface area contributed by atoms with E-state index in [-0.39, 0.29) is 17.9 Å². The predicted molar refractivity (Wildman–Crippen MR) is 76.3 cm³/mol. The summed E-state index contributed by atoms with van der Waals surface area (Å²) in [6, 6.07) is 8.33. The SMILES string of the molecule is CC(CN)N(C)C(=O)C1CC1c1cccc(Br)c1. The lowest BCUT2D eigenvalue weighted by Crippen LogP contribution is -2.40. The number of carbonyl (C=O) groups is 1. The number of hydrogen-bond donors (Lipinski definition) is 1. The van der Waals surface area contributed by atoms with Crippen LogP contribution in [0.5, 0.6) is 0 Å². The van der Waals surface area contributed by atoms with Gasteiger partial charge in [0.1, 0.15) is 0 Å². The van der Waals surface area contributed by atoms with Crippen LogP contribution >= 0.6 is 15.9 Å². The summed E-state index contributed by atoms with van der Waals surface area (Å²) >= 11 is 3.47. The molecule has 0 spiro atoms. The lowest BCUT2D eigenvalue weighted by atomic mass is 10.1. The lowest BCUT2D eigenvalue weighted by Gasteiger charge is -2.23. The zero-order valence-corrected chi connectivity index (χ0v) is 12.4. The second-order valence-electron chi connectivity index (χ2n) is 5.04. The van der Waals surface area contributed by atoms with Crippen LogP contribution in [0.15, 0.2) is 28.7 Å². The van der Waals surface area contributed by atoms with Gasteiger partial charge in [0, 0.05) is 30.0 Å². The Kier molecular flexibility index (Phi) is 4.07. The number of rotatable bonds is 4. The average Bonchev–Trinajstić information content (AvgIpc) is 3.16. The van der Waals surface area contributed by atoms with Crippen molar-refractivity contribution in [1.82, 2.24) is 4.90 Å². The van der Waals surface area contributed by atoms with Crippen LogP contribution in [0, 0.1) is 5.92 Å². The van der Waals surface area contributed by atoms with Crippen LogP contribution in [0.1, 0.15) is 24.8 Å². The van der Waals surface area contributed by atoms with Crippen LogP contribution in [-0.4, -0.2) is 30.4 Å². The van der Waals surface area contributed by atoms with Gasteiger partial charge in [0.15, 0.2) is 0 Å². The summed E-state index contributed by atoms with van der Waals surface area (Å²) in [6.07, 6.45) is 0.955. The molecule has 1 aliphatic rings. The van der Waals surface area contributed by atoms with Crippen molar-refractivity contribution >= 4 is 21.8 Å². The van der Waals surface area contributed by atoms with Gasteiger partial charge in [0.25, 0.3) is 0 Å². The van der Waals surface area contributed by atoms with E-state index in [0.29, 0.717) is 12.5 Å². The number of likely N-dealkylation sites (N-methyl/N-ethyl adjacent to an activating group) is 1. The summed E-state index contributed by atoms with van der Waals surface area (Å²) in [5.41, 5.74) is 6.84. The third kappa shape index (κ3) is 2.75. The van der Waals surface area contributed by atoms with Gasteiger partial charge in [-0.1, -0.05) is 28.1 Å². The van der Waals surface area contributed by atoms with Gasteiger partial charge in [0.05, 0.1) is 0 Å². The molecular weight excluding hydrogens is 292 g/mol. The van der Waals surface area contributed by atoms with Crippen molar-refractivity contribution in [3.8, 4) is 0 Å². The van der Waals surface area contributed by atoms with Gasteiger partial charge in [-0.25, -0.2) is 0 Å². The Morgan fingerprint density at radius 1 is 1.61 bits per heavy atom. The van der Waals surface area contributed by atoms with Gasteiger partial charge in [-0.3, -0.25) is 4.79 Å². The molecule has 2 rings (SSSR count). The first-order valence-corrected chi connectivity index (χ1v) is 7.06. The number of nitrogens with zero attached hydrogens (tertiary/aromatic N) is 1. The number of hydrogen-bond acceptors (Lipinski definition) is 2. The molecule has 0 bridgehead atoms. The number of benzene rings is 1. The fraction of sp³-hybridized carbons (Fsp3) is 0.500. The maximum Gasteiger partial charge on any atom is 0.226 e. The Balaban J connectivity index is 2.01. The third-order valence-electron chi connectivity index (χ3n) is 3.73. The van der Waals surface area contributed by atoms with E-state index >= 15 is 0 Å². The third-order valence-corrected chi connectivity index (χ3v) is 4.23. The van der Waals surface area contributed by atoms with E-state index in [4.69, 9.17) is 5.73 Å². The monoisotopic (exact) mass is 310 g/mol. The van der Waals surface area contributed by atoms with E-state index in [2.05, 4.69) is 28.1 Å². The van der Waals surface area contributed by atoms with Crippen molar-refractivity contribution in [2.24, 2.45) is 11.7 Å². The molecule has 0 heterocycles. The Hall–Kier alpha value is -0.870. The van der Waals surface area contributed by atoms with Gasteiger partial charge in [-0.05, 0) is 37.0 Å². The number of amides is 1. The highest BCUT2D eigenvalue weighted by Gasteiger charge is 2.45. The zero-order chi connectivity index (χ0) is 13.3. The first-order valence-electron chi connectivity index (χ1n) is 6.26. The van der Waals surface area contributed by atoms with Crippen LogP contribution < -0.4 is 5.73 Å². The molecule has 0 saturated heterocycles. The molecule has 18 heavy (non-hydrogen) atoms. The molecule has 2 N–H and O–H groups in total. The van der Waals surface area contributed by atoms with Crippen molar-refractivity contribution in [2.75, 3.05) is 13.6 Å². The summed E-state index contributed by atoms with van der Waals surface area (Å²) in [5, 5.41) is 0. The van der Waals surface area contributed by atoms with Gasteiger partial charge in [0.2, 0.25) is 5.91 Å². The number of nitrogens with two attached hydrogens (primary N) is 1. The molecule has 1 fully saturated rings. The number of halogens is 1. The standard InChI is InChI=1S/C14H19BrN2O/c1-9(8-16)17(2)14(18)13-7-12(13)10-4-3-5-11(15)6-10/h3-6,9,12-13H,7-8,16H2,1-2H3. The van der Waals surface area contributed by atoms with E-state index in [9.17, 15) is 4.79 Å². The predicted octanol–water partition coefficient (Wildman–Crippen LogP) is 2.36. The zero-order valence-electron chi connectivity index (χ0n) is 10.8. The highest BCUT2D eigenvalue weighted by Crippen LogP contribution is 2.48.